The number of benzene rings is 2. The molecule has 0 aliphatic heterocycles. The summed E-state index contributed by atoms with van der Waals surface area (Å²) in [6.07, 6.45) is 1.45. The van der Waals surface area contributed by atoms with Gasteiger partial charge in [0.2, 0.25) is 0 Å². The molecule has 118 valence electrons. The van der Waals surface area contributed by atoms with Crippen LogP contribution in [-0.2, 0) is 6.42 Å². The van der Waals surface area contributed by atoms with Crippen molar-refractivity contribution in [1.82, 2.24) is 5.32 Å². The number of rotatable bonds is 7. The van der Waals surface area contributed by atoms with E-state index in [4.69, 9.17) is 11.6 Å². The number of hydrogen-bond acceptors (Lipinski definition) is 2. The minimum Gasteiger partial charge on any atom is -0.387 e. The van der Waals surface area contributed by atoms with Crippen LogP contribution >= 0.6 is 27.5 Å². The van der Waals surface area contributed by atoms with Crippen molar-refractivity contribution in [2.45, 2.75) is 31.9 Å². The van der Waals surface area contributed by atoms with Crippen molar-refractivity contribution in [3.05, 3.63) is 69.2 Å². The topological polar surface area (TPSA) is 32.3 Å². The number of aliphatic hydroxyl groups excluding tert-OH is 1. The van der Waals surface area contributed by atoms with E-state index in [0.29, 0.717) is 17.6 Å². The third-order valence-electron chi connectivity index (χ3n) is 3.69. The molecule has 22 heavy (non-hydrogen) atoms. The highest BCUT2D eigenvalue weighted by atomic mass is 79.9. The molecule has 0 aliphatic rings. The smallest absolute Gasteiger partial charge is 0.0929 e. The molecule has 2 rings (SSSR count). The Bertz CT molecular complexity index is 591. The van der Waals surface area contributed by atoms with E-state index in [1.165, 1.54) is 5.56 Å². The second kappa shape index (κ2) is 8.68. The van der Waals surface area contributed by atoms with E-state index in [-0.39, 0.29) is 0 Å². The highest BCUT2D eigenvalue weighted by Crippen LogP contribution is 2.26. The Morgan fingerprint density at radius 2 is 1.91 bits per heavy atom. The summed E-state index contributed by atoms with van der Waals surface area (Å²) >= 11 is 9.54. The van der Waals surface area contributed by atoms with E-state index in [1.54, 1.807) is 6.07 Å². The zero-order valence-corrected chi connectivity index (χ0v) is 14.9. The molecule has 4 heteroatoms. The van der Waals surface area contributed by atoms with Crippen LogP contribution < -0.4 is 5.32 Å². The lowest BCUT2D eigenvalue weighted by Crippen LogP contribution is -2.30. The summed E-state index contributed by atoms with van der Waals surface area (Å²) in [5, 5.41) is 14.3. The maximum absolute atomic E-state index is 10.3. The summed E-state index contributed by atoms with van der Waals surface area (Å²) in [5.74, 6) is 0. The van der Waals surface area contributed by atoms with Crippen LogP contribution in [-0.4, -0.2) is 17.7 Å². The molecule has 2 unspecified atom stereocenters. The van der Waals surface area contributed by atoms with Gasteiger partial charge in [-0.05, 0) is 43.5 Å². The van der Waals surface area contributed by atoms with Gasteiger partial charge in [0.15, 0.2) is 0 Å². The minimum absolute atomic E-state index is 0.334. The molecule has 0 heterocycles. The molecular weight excluding hydrogens is 362 g/mol. The maximum Gasteiger partial charge on any atom is 0.0929 e. The van der Waals surface area contributed by atoms with Crippen LogP contribution in [0.5, 0.6) is 0 Å². The Labute approximate surface area is 145 Å². The van der Waals surface area contributed by atoms with E-state index in [1.807, 2.05) is 18.2 Å². The zero-order chi connectivity index (χ0) is 15.9. The molecule has 0 fully saturated rings. The van der Waals surface area contributed by atoms with Crippen LogP contribution in [0.3, 0.4) is 0 Å². The van der Waals surface area contributed by atoms with E-state index < -0.39 is 6.10 Å². The summed E-state index contributed by atoms with van der Waals surface area (Å²) in [5.41, 5.74) is 2.09. The van der Waals surface area contributed by atoms with Crippen LogP contribution in [0.1, 0.15) is 30.6 Å². The molecule has 0 aliphatic carbocycles. The number of nitrogens with one attached hydrogen (secondary N) is 1. The van der Waals surface area contributed by atoms with Gasteiger partial charge in [0.05, 0.1) is 6.10 Å². The quantitative estimate of drug-likeness (QED) is 0.724. The SMILES string of the molecule is CC(CCc1ccccc1)NCC(O)c1cc(Br)ccc1Cl. The summed E-state index contributed by atoms with van der Waals surface area (Å²) in [4.78, 5) is 0. The minimum atomic E-state index is -0.607. The fourth-order valence-corrected chi connectivity index (χ4v) is 2.94. The number of aryl methyl sites for hydroxylation is 1. The van der Waals surface area contributed by atoms with Crippen molar-refractivity contribution in [3.8, 4) is 0 Å². The molecule has 0 amide bonds. The standard InChI is InChI=1S/C18H21BrClNO/c1-13(7-8-14-5-3-2-4-6-14)21-12-18(22)16-11-15(19)9-10-17(16)20/h2-6,9-11,13,18,21-22H,7-8,12H2,1H3. The first-order valence-electron chi connectivity index (χ1n) is 7.46. The molecule has 2 aromatic rings. The highest BCUT2D eigenvalue weighted by Gasteiger charge is 2.13. The molecule has 2 nitrogen and oxygen atoms in total. The predicted octanol–water partition coefficient (Wildman–Crippen LogP) is 4.75. The summed E-state index contributed by atoms with van der Waals surface area (Å²) < 4.78 is 0.920. The highest BCUT2D eigenvalue weighted by molar-refractivity contribution is 9.10. The second-order valence-electron chi connectivity index (χ2n) is 5.52. The van der Waals surface area contributed by atoms with Crippen molar-refractivity contribution >= 4 is 27.5 Å². The van der Waals surface area contributed by atoms with Gasteiger partial charge in [-0.25, -0.2) is 0 Å². The Balaban J connectivity index is 1.80. The number of aliphatic hydroxyl groups is 1. The molecule has 0 spiro atoms. The third kappa shape index (κ3) is 5.40. The average molecular weight is 383 g/mol. The first-order valence-corrected chi connectivity index (χ1v) is 8.63. The molecule has 0 radical (unpaired) electrons. The Kier molecular flexibility index (Phi) is 6.90. The van der Waals surface area contributed by atoms with Gasteiger partial charge in [0, 0.05) is 27.6 Å². The van der Waals surface area contributed by atoms with Gasteiger partial charge >= 0.3 is 0 Å². The summed E-state index contributed by atoms with van der Waals surface area (Å²) in [7, 11) is 0. The summed E-state index contributed by atoms with van der Waals surface area (Å²) in [6, 6.07) is 16.3. The van der Waals surface area contributed by atoms with Crippen LogP contribution in [0.4, 0.5) is 0 Å². The lowest BCUT2D eigenvalue weighted by molar-refractivity contribution is 0.170. The van der Waals surface area contributed by atoms with Gasteiger partial charge in [0.1, 0.15) is 0 Å². The van der Waals surface area contributed by atoms with Crippen LogP contribution in [0.15, 0.2) is 53.0 Å². The van der Waals surface area contributed by atoms with Gasteiger partial charge in [-0.1, -0.05) is 57.9 Å². The molecule has 0 aromatic heterocycles. The molecule has 2 aromatic carbocycles. The predicted molar refractivity (Wildman–Crippen MR) is 96.3 cm³/mol. The largest absolute Gasteiger partial charge is 0.387 e. The molecular formula is C18H21BrClNO. The Morgan fingerprint density at radius 1 is 1.18 bits per heavy atom. The molecule has 2 atom stereocenters. The van der Waals surface area contributed by atoms with Crippen molar-refractivity contribution < 1.29 is 5.11 Å². The van der Waals surface area contributed by atoms with Crippen molar-refractivity contribution in [2.24, 2.45) is 0 Å². The molecule has 0 saturated carbocycles. The Morgan fingerprint density at radius 3 is 2.64 bits per heavy atom. The van der Waals surface area contributed by atoms with Crippen LogP contribution in [0.2, 0.25) is 5.02 Å². The van der Waals surface area contributed by atoms with E-state index in [2.05, 4.69) is 52.4 Å². The lowest BCUT2D eigenvalue weighted by Gasteiger charge is -2.18. The van der Waals surface area contributed by atoms with E-state index >= 15 is 0 Å². The van der Waals surface area contributed by atoms with Crippen LogP contribution in [0, 0.1) is 0 Å². The fourth-order valence-electron chi connectivity index (χ4n) is 2.32. The average Bonchev–Trinajstić information content (AvgIpc) is 2.54. The normalized spacial score (nSPS) is 13.8. The second-order valence-corrected chi connectivity index (χ2v) is 6.84. The monoisotopic (exact) mass is 381 g/mol. The molecule has 0 bridgehead atoms. The Hall–Kier alpha value is -0.870. The number of hydrogen-bond donors (Lipinski definition) is 2. The van der Waals surface area contributed by atoms with Gasteiger partial charge < -0.3 is 10.4 Å². The van der Waals surface area contributed by atoms with E-state index in [0.717, 1.165) is 22.9 Å². The van der Waals surface area contributed by atoms with Gasteiger partial charge in [0.25, 0.3) is 0 Å². The van der Waals surface area contributed by atoms with Gasteiger partial charge in [-0.3, -0.25) is 0 Å². The van der Waals surface area contributed by atoms with E-state index in [9.17, 15) is 5.11 Å². The van der Waals surface area contributed by atoms with Gasteiger partial charge in [-0.15, -0.1) is 0 Å². The zero-order valence-electron chi connectivity index (χ0n) is 12.6. The van der Waals surface area contributed by atoms with Crippen molar-refractivity contribution in [3.63, 3.8) is 0 Å². The number of halogens is 2. The maximum atomic E-state index is 10.3. The first-order chi connectivity index (χ1) is 10.6. The molecule has 2 N–H and O–H groups in total. The van der Waals surface area contributed by atoms with Gasteiger partial charge in [-0.2, -0.15) is 0 Å². The molecule has 0 saturated heterocycles. The van der Waals surface area contributed by atoms with Crippen molar-refractivity contribution in [1.29, 1.82) is 0 Å². The summed E-state index contributed by atoms with van der Waals surface area (Å²) in [6.45, 7) is 2.63. The first kappa shape index (κ1) is 17.5. The van der Waals surface area contributed by atoms with Crippen LogP contribution in [0.25, 0.3) is 0 Å². The third-order valence-corrected chi connectivity index (χ3v) is 4.52. The fraction of sp³-hybridized carbons (Fsp3) is 0.333. The lowest BCUT2D eigenvalue weighted by atomic mass is 10.1. The van der Waals surface area contributed by atoms with Crippen molar-refractivity contribution in [2.75, 3.05) is 6.54 Å².